The molecule has 24 heavy (non-hydrogen) atoms. The Hall–Kier alpha value is -2.48. The molecule has 1 aromatic rings. The number of hydrogen-bond donors (Lipinski definition) is 2. The second-order valence-electron chi connectivity index (χ2n) is 5.01. The van der Waals surface area contributed by atoms with E-state index < -0.39 is 24.5 Å². The average molecular weight is 343 g/mol. The molecule has 6 nitrogen and oxygen atoms in total. The Balaban J connectivity index is 2.89. The van der Waals surface area contributed by atoms with Crippen molar-refractivity contribution in [3.8, 4) is 5.75 Å². The third-order valence-electron chi connectivity index (χ3n) is 3.05. The molecule has 0 spiro atoms. The molecule has 2 N–H and O–H groups in total. The fourth-order valence-corrected chi connectivity index (χ4v) is 2.04. The summed E-state index contributed by atoms with van der Waals surface area (Å²) < 4.78 is 34.2. The number of carboxylic acids is 1. The molecule has 1 rings (SSSR count). The number of carboxylic acid groups (broad SMARTS) is 1. The highest BCUT2D eigenvalue weighted by Gasteiger charge is 2.22. The fourth-order valence-electron chi connectivity index (χ4n) is 2.04. The molecule has 0 bridgehead atoms. The lowest BCUT2D eigenvalue weighted by molar-refractivity contribution is -0.140. The summed E-state index contributed by atoms with van der Waals surface area (Å²) in [5, 5.41) is 11.4. The van der Waals surface area contributed by atoms with E-state index in [0.29, 0.717) is 11.1 Å². The van der Waals surface area contributed by atoms with Gasteiger partial charge >= 0.3 is 12.6 Å². The normalized spacial score (nSPS) is 11.9. The summed E-state index contributed by atoms with van der Waals surface area (Å²) in [6.07, 6.45) is 1.45. The van der Waals surface area contributed by atoms with E-state index in [0.717, 1.165) is 0 Å². The molecule has 1 aromatic carbocycles. The Kier molecular flexibility index (Phi) is 7.31. The van der Waals surface area contributed by atoms with E-state index in [4.69, 9.17) is 9.84 Å². The van der Waals surface area contributed by atoms with Crippen LogP contribution in [0.2, 0.25) is 0 Å². The number of carbonyl (C=O) groups is 2. The molecule has 0 radical (unpaired) electrons. The van der Waals surface area contributed by atoms with Crippen molar-refractivity contribution in [2.45, 2.75) is 26.5 Å². The van der Waals surface area contributed by atoms with Crippen LogP contribution in [0.1, 0.15) is 21.5 Å². The molecular weight excluding hydrogens is 324 g/mol. The van der Waals surface area contributed by atoms with Crippen LogP contribution in [-0.4, -0.2) is 42.9 Å². The topological polar surface area (TPSA) is 84.9 Å². The zero-order valence-electron chi connectivity index (χ0n) is 13.3. The van der Waals surface area contributed by atoms with Crippen LogP contribution in [0.25, 0.3) is 0 Å². The van der Waals surface area contributed by atoms with Gasteiger partial charge in [0.1, 0.15) is 5.75 Å². The number of ether oxygens (including phenoxy) is 2. The number of amides is 1. The van der Waals surface area contributed by atoms with Crippen molar-refractivity contribution in [2.24, 2.45) is 0 Å². The summed E-state index contributed by atoms with van der Waals surface area (Å²) in [4.78, 5) is 23.3. The number of nitrogens with one attached hydrogen (secondary N) is 1. The van der Waals surface area contributed by atoms with Gasteiger partial charge in [-0.2, -0.15) is 8.78 Å². The minimum Gasteiger partial charge on any atom is -0.480 e. The molecule has 0 aliphatic rings. The SMILES string of the molecule is C=CCOCC(NC(=O)c1cc(C)c(OC(F)F)c(C)c1)C(=O)O. The molecule has 0 fully saturated rings. The van der Waals surface area contributed by atoms with Crippen molar-refractivity contribution in [3.63, 3.8) is 0 Å². The van der Waals surface area contributed by atoms with E-state index in [1.54, 1.807) is 0 Å². The molecule has 0 saturated carbocycles. The molecular formula is C16H19F2NO5. The molecule has 0 aliphatic carbocycles. The summed E-state index contributed by atoms with van der Waals surface area (Å²) in [6, 6.07) is 1.46. The molecule has 1 atom stereocenters. The van der Waals surface area contributed by atoms with Crippen molar-refractivity contribution >= 4 is 11.9 Å². The first-order valence-electron chi connectivity index (χ1n) is 7.04. The molecule has 132 valence electrons. The highest BCUT2D eigenvalue weighted by atomic mass is 19.3. The zero-order chi connectivity index (χ0) is 18.3. The van der Waals surface area contributed by atoms with Gasteiger partial charge in [0, 0.05) is 5.56 Å². The number of aryl methyl sites for hydroxylation is 2. The van der Waals surface area contributed by atoms with Crippen molar-refractivity contribution in [2.75, 3.05) is 13.2 Å². The zero-order valence-corrected chi connectivity index (χ0v) is 13.3. The van der Waals surface area contributed by atoms with Gasteiger partial charge in [0.15, 0.2) is 6.04 Å². The maximum Gasteiger partial charge on any atom is 0.387 e. The first-order valence-corrected chi connectivity index (χ1v) is 7.04. The van der Waals surface area contributed by atoms with Gasteiger partial charge in [0.2, 0.25) is 0 Å². The third kappa shape index (κ3) is 5.62. The summed E-state index contributed by atoms with van der Waals surface area (Å²) >= 11 is 0. The van der Waals surface area contributed by atoms with Gasteiger partial charge in [-0.05, 0) is 37.1 Å². The second kappa shape index (κ2) is 8.97. The largest absolute Gasteiger partial charge is 0.480 e. The summed E-state index contributed by atoms with van der Waals surface area (Å²) in [5.41, 5.74) is 0.826. The lowest BCUT2D eigenvalue weighted by Gasteiger charge is -2.16. The standard InChI is InChI=1S/C16H19F2NO5/c1-4-5-23-8-12(15(21)22)19-14(20)11-6-9(2)13(10(3)7-11)24-16(17)18/h4,6-7,12,16H,1,5,8H2,2-3H3,(H,19,20)(H,21,22). The number of carbonyl (C=O) groups excluding carboxylic acids is 1. The molecule has 0 aliphatic heterocycles. The minimum absolute atomic E-state index is 0.00866. The van der Waals surface area contributed by atoms with E-state index in [1.165, 1.54) is 32.1 Å². The van der Waals surface area contributed by atoms with E-state index in [1.807, 2.05) is 0 Å². The van der Waals surface area contributed by atoms with E-state index in [9.17, 15) is 18.4 Å². The summed E-state index contributed by atoms with van der Waals surface area (Å²) in [5.74, 6) is -1.91. The van der Waals surface area contributed by atoms with Gasteiger partial charge in [-0.1, -0.05) is 6.08 Å². The Labute approximate surface area is 138 Å². The third-order valence-corrected chi connectivity index (χ3v) is 3.05. The Morgan fingerprint density at radius 3 is 2.38 bits per heavy atom. The van der Waals surface area contributed by atoms with E-state index in [2.05, 4.69) is 16.6 Å². The van der Waals surface area contributed by atoms with Gasteiger partial charge < -0.3 is 19.9 Å². The molecule has 0 heterocycles. The number of halogens is 2. The predicted molar refractivity (Wildman–Crippen MR) is 82.5 cm³/mol. The number of alkyl halides is 2. The number of benzene rings is 1. The molecule has 1 unspecified atom stereocenters. The fraction of sp³-hybridized carbons (Fsp3) is 0.375. The van der Waals surface area contributed by atoms with Crippen LogP contribution in [0.3, 0.4) is 0 Å². The van der Waals surface area contributed by atoms with Gasteiger partial charge in [-0.15, -0.1) is 6.58 Å². The Bertz CT molecular complexity index is 595. The van der Waals surface area contributed by atoms with Crippen LogP contribution in [0, 0.1) is 13.8 Å². The molecule has 8 heteroatoms. The van der Waals surface area contributed by atoms with Crippen molar-refractivity contribution in [3.05, 3.63) is 41.5 Å². The van der Waals surface area contributed by atoms with Gasteiger partial charge in [-0.25, -0.2) is 4.79 Å². The van der Waals surface area contributed by atoms with Crippen LogP contribution in [0.5, 0.6) is 5.75 Å². The van der Waals surface area contributed by atoms with Crippen molar-refractivity contribution in [1.29, 1.82) is 0 Å². The Morgan fingerprint density at radius 2 is 1.92 bits per heavy atom. The van der Waals surface area contributed by atoms with Crippen LogP contribution in [-0.2, 0) is 9.53 Å². The molecule has 1 amide bonds. The van der Waals surface area contributed by atoms with Gasteiger partial charge in [-0.3, -0.25) is 4.79 Å². The van der Waals surface area contributed by atoms with E-state index in [-0.39, 0.29) is 24.5 Å². The van der Waals surface area contributed by atoms with Crippen LogP contribution in [0.15, 0.2) is 24.8 Å². The lowest BCUT2D eigenvalue weighted by atomic mass is 10.0. The van der Waals surface area contributed by atoms with Crippen LogP contribution >= 0.6 is 0 Å². The van der Waals surface area contributed by atoms with E-state index >= 15 is 0 Å². The number of rotatable bonds is 9. The minimum atomic E-state index is -2.97. The monoisotopic (exact) mass is 343 g/mol. The predicted octanol–water partition coefficient (Wildman–Crippen LogP) is 2.29. The highest BCUT2D eigenvalue weighted by Crippen LogP contribution is 2.26. The van der Waals surface area contributed by atoms with Gasteiger partial charge in [0.25, 0.3) is 5.91 Å². The summed E-state index contributed by atoms with van der Waals surface area (Å²) in [7, 11) is 0. The quantitative estimate of drug-likeness (QED) is 0.531. The van der Waals surface area contributed by atoms with Crippen LogP contribution < -0.4 is 10.1 Å². The first kappa shape index (κ1) is 19.6. The lowest BCUT2D eigenvalue weighted by Crippen LogP contribution is -2.44. The van der Waals surface area contributed by atoms with Crippen LogP contribution in [0.4, 0.5) is 8.78 Å². The average Bonchev–Trinajstić information content (AvgIpc) is 2.49. The first-order chi connectivity index (χ1) is 11.3. The smallest absolute Gasteiger partial charge is 0.387 e. The van der Waals surface area contributed by atoms with Crippen molar-refractivity contribution < 1.29 is 33.0 Å². The maximum absolute atomic E-state index is 12.4. The second-order valence-corrected chi connectivity index (χ2v) is 5.01. The number of hydrogen-bond acceptors (Lipinski definition) is 4. The molecule has 0 saturated heterocycles. The van der Waals surface area contributed by atoms with Gasteiger partial charge in [0.05, 0.1) is 13.2 Å². The number of aliphatic carboxylic acids is 1. The van der Waals surface area contributed by atoms with Crippen molar-refractivity contribution in [1.82, 2.24) is 5.32 Å². The molecule has 0 aromatic heterocycles. The Morgan fingerprint density at radius 1 is 1.33 bits per heavy atom. The highest BCUT2D eigenvalue weighted by molar-refractivity contribution is 5.97. The summed E-state index contributed by atoms with van der Waals surface area (Å²) in [6.45, 7) is 3.42. The maximum atomic E-state index is 12.4.